The largest absolute Gasteiger partial charge is 0.471 e. The Morgan fingerprint density at radius 2 is 1.50 bits per heavy atom. The van der Waals surface area contributed by atoms with Crippen LogP contribution in [0.2, 0.25) is 0 Å². The second kappa shape index (κ2) is 13.5. The molecule has 20 heteroatoms. The van der Waals surface area contributed by atoms with Gasteiger partial charge in [-0.25, -0.2) is 0 Å². The van der Waals surface area contributed by atoms with Gasteiger partial charge in [0.05, 0.1) is 6.61 Å². The van der Waals surface area contributed by atoms with Gasteiger partial charge in [-0.05, 0) is 5.53 Å². The first-order valence-electron chi connectivity index (χ1n) is 12.3. The minimum atomic E-state index is -5.44. The van der Waals surface area contributed by atoms with Crippen molar-refractivity contribution in [2.75, 3.05) is 13.2 Å². The number of amides is 1. The number of nitrogens with zero attached hydrogens (tertiary/aromatic N) is 3. The molecular weight excluding hydrogens is 585 g/mol. The molecule has 3 heterocycles. The van der Waals surface area contributed by atoms with E-state index in [4.69, 9.17) is 43.4 Å². The number of hydrogen-bond acceptors (Lipinski definition) is 14. The highest BCUT2D eigenvalue weighted by Crippen LogP contribution is 2.37. The minimum absolute atomic E-state index is 0.211. The van der Waals surface area contributed by atoms with Crippen LogP contribution in [0.15, 0.2) is 5.11 Å². The average Bonchev–Trinajstić information content (AvgIpc) is 3.30. The lowest BCUT2D eigenvalue weighted by Gasteiger charge is -2.47. The van der Waals surface area contributed by atoms with Gasteiger partial charge in [0.1, 0.15) is 43.1 Å². The van der Waals surface area contributed by atoms with Gasteiger partial charge < -0.3 is 43.2 Å². The fourth-order valence-corrected chi connectivity index (χ4v) is 4.59. The van der Waals surface area contributed by atoms with E-state index in [1.165, 1.54) is 0 Å². The lowest BCUT2D eigenvalue weighted by atomic mass is 9.94. The van der Waals surface area contributed by atoms with Crippen molar-refractivity contribution < 1.29 is 75.0 Å². The van der Waals surface area contributed by atoms with Gasteiger partial charge in [0.2, 0.25) is 0 Å². The number of nitrogens with one attached hydrogen (secondary N) is 1. The van der Waals surface area contributed by atoms with Crippen LogP contribution in [0.25, 0.3) is 10.4 Å². The SMILES string of the molecule is CC(=O)OC[C@H]1OC(O[C@H]2[C@H](OC(C)=O)C(N=[N+]=[N-])[C@@H]3OC[C@H]2O3)[C@H](NC(=O)C(F)(F)F)[C@@H](OC(C)=O)[C@@H]1OC(C)=O. The maximum atomic E-state index is 13.4. The Morgan fingerprint density at radius 1 is 0.905 bits per heavy atom. The van der Waals surface area contributed by atoms with Crippen LogP contribution in [0.1, 0.15) is 27.7 Å². The summed E-state index contributed by atoms with van der Waals surface area (Å²) in [6.45, 7) is 3.01. The third-order valence-corrected chi connectivity index (χ3v) is 6.07. The Labute approximate surface area is 234 Å². The van der Waals surface area contributed by atoms with E-state index in [1.54, 1.807) is 5.32 Å². The number of halogens is 3. The standard InChI is InChI=1S/C22H27F3N4O13/c1-7(30)35-5-11-15(37-8(2)31)17(38-9(3)32)13(27-21(34)22(23,24)25)20(41-11)42-16-12-6-36-19(40-12)14(28-29-26)18(16)39-10(4)33/h11-20H,5-6H2,1-4H3,(H,27,34)/t11-,12-,13-,14?,15-,16-,17-,18-,19-,20?/m1/s1. The number of fused-ring (bicyclic) bond motifs is 2. The number of rotatable bonds is 9. The Balaban J connectivity index is 2.09. The predicted molar refractivity (Wildman–Crippen MR) is 122 cm³/mol. The van der Waals surface area contributed by atoms with E-state index in [-0.39, 0.29) is 6.61 Å². The highest BCUT2D eigenvalue weighted by Gasteiger charge is 2.58. The van der Waals surface area contributed by atoms with Crippen LogP contribution in [0.4, 0.5) is 13.2 Å². The van der Waals surface area contributed by atoms with E-state index in [2.05, 4.69) is 10.0 Å². The van der Waals surface area contributed by atoms with Crippen molar-refractivity contribution in [3.05, 3.63) is 10.4 Å². The molecule has 0 aromatic rings. The normalized spacial score (nSPS) is 33.9. The number of alkyl halides is 3. The molecule has 3 aliphatic heterocycles. The van der Waals surface area contributed by atoms with E-state index in [0.29, 0.717) is 0 Å². The molecule has 2 bridgehead atoms. The summed E-state index contributed by atoms with van der Waals surface area (Å²) in [4.78, 5) is 62.1. The van der Waals surface area contributed by atoms with Gasteiger partial charge in [-0.15, -0.1) is 0 Å². The zero-order valence-corrected chi connectivity index (χ0v) is 22.5. The molecule has 0 aliphatic carbocycles. The first-order chi connectivity index (χ1) is 19.6. The first-order valence-corrected chi connectivity index (χ1v) is 12.3. The quantitative estimate of drug-likeness (QED) is 0.119. The van der Waals surface area contributed by atoms with E-state index in [0.717, 1.165) is 27.7 Å². The molecular formula is C22H27F3N4O13. The number of azide groups is 1. The molecule has 42 heavy (non-hydrogen) atoms. The van der Waals surface area contributed by atoms with Crippen molar-refractivity contribution in [3.63, 3.8) is 0 Å². The maximum absolute atomic E-state index is 13.4. The third-order valence-electron chi connectivity index (χ3n) is 6.07. The molecule has 0 aromatic carbocycles. The molecule has 0 saturated carbocycles. The second-order valence-corrected chi connectivity index (χ2v) is 9.24. The number of carbonyl (C=O) groups is 5. The summed E-state index contributed by atoms with van der Waals surface area (Å²) >= 11 is 0. The number of carbonyl (C=O) groups excluding carboxylic acids is 5. The molecule has 10 atom stereocenters. The highest BCUT2D eigenvalue weighted by molar-refractivity contribution is 5.82. The molecule has 234 valence electrons. The van der Waals surface area contributed by atoms with Crippen LogP contribution in [0.3, 0.4) is 0 Å². The van der Waals surface area contributed by atoms with E-state index < -0.39 is 104 Å². The van der Waals surface area contributed by atoms with Crippen molar-refractivity contribution in [2.45, 2.75) is 95.2 Å². The summed E-state index contributed by atoms with van der Waals surface area (Å²) in [5.74, 6) is -6.24. The Kier molecular flexibility index (Phi) is 10.6. The smallest absolute Gasteiger partial charge is 0.463 e. The fourth-order valence-electron chi connectivity index (χ4n) is 4.59. The molecule has 0 radical (unpaired) electrons. The highest BCUT2D eigenvalue weighted by atomic mass is 19.4. The van der Waals surface area contributed by atoms with Crippen molar-refractivity contribution in [1.29, 1.82) is 0 Å². The lowest BCUT2D eigenvalue weighted by molar-refractivity contribution is -0.312. The van der Waals surface area contributed by atoms with Crippen molar-refractivity contribution in [3.8, 4) is 0 Å². The van der Waals surface area contributed by atoms with Crippen LogP contribution >= 0.6 is 0 Å². The van der Waals surface area contributed by atoms with E-state index >= 15 is 0 Å². The maximum Gasteiger partial charge on any atom is 0.471 e. The van der Waals surface area contributed by atoms with Crippen molar-refractivity contribution in [2.24, 2.45) is 5.11 Å². The predicted octanol–water partition coefficient (Wildman–Crippen LogP) is -0.0642. The summed E-state index contributed by atoms with van der Waals surface area (Å²) < 4.78 is 83.4. The van der Waals surface area contributed by atoms with Crippen LogP contribution in [-0.4, -0.2) is 110 Å². The molecule has 1 amide bonds. The lowest BCUT2D eigenvalue weighted by Crippen LogP contribution is -2.69. The molecule has 3 fully saturated rings. The Hall–Kier alpha value is -3.71. The monoisotopic (exact) mass is 612 g/mol. The number of ether oxygens (including phenoxy) is 8. The van der Waals surface area contributed by atoms with Crippen LogP contribution < -0.4 is 5.32 Å². The summed E-state index contributed by atoms with van der Waals surface area (Å²) in [7, 11) is 0. The molecule has 0 aromatic heterocycles. The van der Waals surface area contributed by atoms with E-state index in [9.17, 15) is 37.1 Å². The zero-order valence-electron chi connectivity index (χ0n) is 22.5. The summed E-state index contributed by atoms with van der Waals surface area (Å²) in [6, 6.07) is -3.36. The molecule has 17 nitrogen and oxygen atoms in total. The van der Waals surface area contributed by atoms with Crippen LogP contribution in [-0.2, 0) is 61.9 Å². The van der Waals surface area contributed by atoms with Gasteiger partial charge in [-0.3, -0.25) is 24.0 Å². The van der Waals surface area contributed by atoms with Gasteiger partial charge in [0, 0.05) is 32.6 Å². The number of esters is 4. The van der Waals surface area contributed by atoms with Gasteiger partial charge in [0.15, 0.2) is 24.8 Å². The van der Waals surface area contributed by atoms with Gasteiger partial charge in [0.25, 0.3) is 0 Å². The average molecular weight is 612 g/mol. The van der Waals surface area contributed by atoms with Crippen LogP contribution in [0.5, 0.6) is 0 Å². The number of hydrogen-bond donors (Lipinski definition) is 1. The first kappa shape index (κ1) is 32.8. The Bertz CT molecular complexity index is 1120. The zero-order chi connectivity index (χ0) is 31.4. The Morgan fingerprint density at radius 3 is 2.05 bits per heavy atom. The summed E-state index contributed by atoms with van der Waals surface area (Å²) in [6.07, 6.45) is -17.7. The van der Waals surface area contributed by atoms with Crippen molar-refractivity contribution >= 4 is 29.8 Å². The molecule has 2 unspecified atom stereocenters. The molecule has 1 N–H and O–H groups in total. The van der Waals surface area contributed by atoms with Crippen LogP contribution in [0, 0.1) is 0 Å². The topological polar surface area (TPSA) is 220 Å². The van der Waals surface area contributed by atoms with Crippen molar-refractivity contribution in [1.82, 2.24) is 5.32 Å². The van der Waals surface area contributed by atoms with Gasteiger partial charge >= 0.3 is 36.0 Å². The summed E-state index contributed by atoms with van der Waals surface area (Å²) in [5, 5.41) is 5.16. The fraction of sp³-hybridized carbons (Fsp3) is 0.773. The molecule has 0 spiro atoms. The second-order valence-electron chi connectivity index (χ2n) is 9.24. The van der Waals surface area contributed by atoms with Gasteiger partial charge in [-0.2, -0.15) is 13.2 Å². The van der Waals surface area contributed by atoms with Gasteiger partial charge in [-0.1, -0.05) is 5.11 Å². The third kappa shape index (κ3) is 7.97. The minimum Gasteiger partial charge on any atom is -0.463 e. The summed E-state index contributed by atoms with van der Waals surface area (Å²) in [5.41, 5.74) is 9.04. The molecule has 3 saturated heterocycles. The van der Waals surface area contributed by atoms with E-state index in [1.807, 2.05) is 0 Å². The molecule has 3 aliphatic rings. The molecule has 3 rings (SSSR count).